The van der Waals surface area contributed by atoms with Crippen LogP contribution in [0.5, 0.6) is 0 Å². The standard InChI is InChI=1S/C25H28FN3O2S/c1-16-10-17(2)22-12-19(24(30)28-23(22)11-16)15-29(14-18-5-7-20(26)8-6-18)25(32)27-13-21-4-3-9-31-21/h5-8,10-12,21H,3-4,9,13-15H2,1-2H3,(H,27,32)(H,28,30). The molecule has 0 amide bonds. The molecule has 2 N–H and O–H groups in total. The number of benzene rings is 2. The zero-order valence-electron chi connectivity index (χ0n) is 18.4. The molecular formula is C25H28FN3O2S. The van der Waals surface area contributed by atoms with E-state index in [1.165, 1.54) is 12.1 Å². The zero-order valence-corrected chi connectivity index (χ0v) is 19.2. The fourth-order valence-corrected chi connectivity index (χ4v) is 4.38. The van der Waals surface area contributed by atoms with Crippen molar-refractivity contribution in [3.05, 3.63) is 80.9 Å². The lowest BCUT2D eigenvalue weighted by Gasteiger charge is -2.27. The van der Waals surface area contributed by atoms with Crippen LogP contribution in [-0.2, 0) is 17.8 Å². The molecule has 3 aromatic rings. The van der Waals surface area contributed by atoms with Gasteiger partial charge in [0.25, 0.3) is 5.56 Å². The Kier molecular flexibility index (Phi) is 6.86. The van der Waals surface area contributed by atoms with Crippen molar-refractivity contribution >= 4 is 28.2 Å². The molecule has 32 heavy (non-hydrogen) atoms. The van der Waals surface area contributed by atoms with E-state index in [9.17, 15) is 9.18 Å². The average molecular weight is 454 g/mol. The Morgan fingerprint density at radius 2 is 2.00 bits per heavy atom. The maximum absolute atomic E-state index is 13.4. The first-order chi connectivity index (χ1) is 15.4. The summed E-state index contributed by atoms with van der Waals surface area (Å²) in [5, 5.41) is 4.86. The van der Waals surface area contributed by atoms with Crippen LogP contribution in [0.1, 0.15) is 35.1 Å². The van der Waals surface area contributed by atoms with E-state index >= 15 is 0 Å². The van der Waals surface area contributed by atoms with Gasteiger partial charge in [0.05, 0.1) is 12.6 Å². The number of rotatable bonds is 6. The molecule has 1 aromatic heterocycles. The molecule has 1 aliphatic heterocycles. The molecule has 1 saturated heterocycles. The van der Waals surface area contributed by atoms with E-state index in [1.807, 2.05) is 30.9 Å². The van der Waals surface area contributed by atoms with Crippen molar-refractivity contribution in [1.29, 1.82) is 0 Å². The van der Waals surface area contributed by atoms with Gasteiger partial charge in [0.15, 0.2) is 5.11 Å². The number of nitrogens with one attached hydrogen (secondary N) is 2. The predicted molar refractivity (Wildman–Crippen MR) is 129 cm³/mol. The van der Waals surface area contributed by atoms with E-state index in [2.05, 4.69) is 16.4 Å². The number of aryl methyl sites for hydroxylation is 2. The summed E-state index contributed by atoms with van der Waals surface area (Å²) in [6.07, 6.45) is 2.22. The third-order valence-corrected chi connectivity index (χ3v) is 6.23. The summed E-state index contributed by atoms with van der Waals surface area (Å²) in [6.45, 7) is 6.27. The Bertz CT molecular complexity index is 1170. The number of hydrogen-bond donors (Lipinski definition) is 2. The van der Waals surface area contributed by atoms with Gasteiger partial charge in [-0.05, 0) is 79.9 Å². The van der Waals surface area contributed by atoms with E-state index in [1.54, 1.807) is 12.1 Å². The van der Waals surface area contributed by atoms with E-state index in [0.717, 1.165) is 47.0 Å². The Morgan fingerprint density at radius 3 is 2.72 bits per heavy atom. The molecular weight excluding hydrogens is 425 g/mol. The van der Waals surface area contributed by atoms with Crippen LogP contribution >= 0.6 is 12.2 Å². The number of ether oxygens (including phenoxy) is 1. The third kappa shape index (κ3) is 5.34. The number of halogens is 1. The van der Waals surface area contributed by atoms with Crippen molar-refractivity contribution in [2.24, 2.45) is 0 Å². The Morgan fingerprint density at radius 1 is 1.22 bits per heavy atom. The second kappa shape index (κ2) is 9.79. The van der Waals surface area contributed by atoms with Gasteiger partial charge in [-0.25, -0.2) is 4.39 Å². The molecule has 0 saturated carbocycles. The number of fused-ring (bicyclic) bond motifs is 1. The lowest BCUT2D eigenvalue weighted by molar-refractivity contribution is 0.113. The Labute approximate surface area is 192 Å². The lowest BCUT2D eigenvalue weighted by atomic mass is 10.0. The fraction of sp³-hybridized carbons (Fsp3) is 0.360. The summed E-state index contributed by atoms with van der Waals surface area (Å²) in [6, 6.07) is 12.4. The van der Waals surface area contributed by atoms with Gasteiger partial charge < -0.3 is 19.9 Å². The fourth-order valence-electron chi connectivity index (χ4n) is 4.17. The third-order valence-electron chi connectivity index (χ3n) is 5.83. The Balaban J connectivity index is 1.59. The van der Waals surface area contributed by atoms with Gasteiger partial charge in [-0.15, -0.1) is 0 Å². The van der Waals surface area contributed by atoms with Gasteiger partial charge in [-0.1, -0.05) is 18.2 Å². The number of aromatic nitrogens is 1. The maximum atomic E-state index is 13.4. The molecule has 1 unspecified atom stereocenters. The highest BCUT2D eigenvalue weighted by molar-refractivity contribution is 7.80. The molecule has 2 heterocycles. The molecule has 0 spiro atoms. The molecule has 1 aliphatic rings. The van der Waals surface area contributed by atoms with E-state index in [4.69, 9.17) is 17.0 Å². The molecule has 2 aromatic carbocycles. The number of thiocarbonyl (C=S) groups is 1. The molecule has 7 heteroatoms. The molecule has 4 rings (SSSR count). The highest BCUT2D eigenvalue weighted by Crippen LogP contribution is 2.20. The van der Waals surface area contributed by atoms with Crippen molar-refractivity contribution in [3.8, 4) is 0 Å². The van der Waals surface area contributed by atoms with Crippen molar-refractivity contribution < 1.29 is 9.13 Å². The molecule has 0 bridgehead atoms. The van der Waals surface area contributed by atoms with Gasteiger partial charge >= 0.3 is 0 Å². The number of nitrogens with zero attached hydrogens (tertiary/aromatic N) is 1. The quantitative estimate of drug-likeness (QED) is 0.544. The van der Waals surface area contributed by atoms with Crippen LogP contribution in [-0.4, -0.2) is 34.3 Å². The van der Waals surface area contributed by atoms with E-state index < -0.39 is 0 Å². The minimum atomic E-state index is -0.281. The number of hydrogen-bond acceptors (Lipinski definition) is 3. The summed E-state index contributed by atoms with van der Waals surface area (Å²) in [4.78, 5) is 17.8. The number of aromatic amines is 1. The summed E-state index contributed by atoms with van der Waals surface area (Å²) in [5.41, 5.74) is 4.47. The van der Waals surface area contributed by atoms with Gasteiger partial charge in [0.1, 0.15) is 5.82 Å². The second-order valence-corrected chi connectivity index (χ2v) is 8.86. The van der Waals surface area contributed by atoms with Crippen LogP contribution in [0.4, 0.5) is 4.39 Å². The van der Waals surface area contributed by atoms with E-state index in [0.29, 0.717) is 30.3 Å². The molecule has 0 aliphatic carbocycles. The molecule has 168 valence electrons. The van der Waals surface area contributed by atoms with E-state index in [-0.39, 0.29) is 17.5 Å². The second-order valence-electron chi connectivity index (χ2n) is 8.47. The first kappa shape index (κ1) is 22.4. The Hall–Kier alpha value is -2.77. The smallest absolute Gasteiger partial charge is 0.253 e. The highest BCUT2D eigenvalue weighted by Gasteiger charge is 2.19. The molecule has 0 radical (unpaired) electrons. The normalized spacial score (nSPS) is 15.8. The zero-order chi connectivity index (χ0) is 22.7. The van der Waals surface area contributed by atoms with Crippen molar-refractivity contribution in [2.45, 2.75) is 45.9 Å². The van der Waals surface area contributed by atoms with Gasteiger partial charge in [0.2, 0.25) is 0 Å². The van der Waals surface area contributed by atoms with Gasteiger partial charge in [0, 0.05) is 36.2 Å². The van der Waals surface area contributed by atoms with Crippen molar-refractivity contribution in [1.82, 2.24) is 15.2 Å². The first-order valence-electron chi connectivity index (χ1n) is 10.9. The van der Waals surface area contributed by atoms with Gasteiger partial charge in [-0.3, -0.25) is 4.79 Å². The monoisotopic (exact) mass is 453 g/mol. The van der Waals surface area contributed by atoms with Crippen molar-refractivity contribution in [3.63, 3.8) is 0 Å². The van der Waals surface area contributed by atoms with Crippen LogP contribution in [0, 0.1) is 19.7 Å². The molecule has 1 fully saturated rings. The van der Waals surface area contributed by atoms with Crippen LogP contribution in [0.3, 0.4) is 0 Å². The number of pyridine rings is 1. The average Bonchev–Trinajstić information content (AvgIpc) is 3.27. The SMILES string of the molecule is Cc1cc(C)c2cc(CN(Cc3ccc(F)cc3)C(=S)NCC3CCCO3)c(=O)[nH]c2c1. The molecule has 5 nitrogen and oxygen atoms in total. The summed E-state index contributed by atoms with van der Waals surface area (Å²) in [5.74, 6) is -0.281. The summed E-state index contributed by atoms with van der Waals surface area (Å²) in [7, 11) is 0. The molecule has 1 atom stereocenters. The minimum Gasteiger partial charge on any atom is -0.376 e. The van der Waals surface area contributed by atoms with Crippen LogP contribution in [0.2, 0.25) is 0 Å². The highest BCUT2D eigenvalue weighted by atomic mass is 32.1. The maximum Gasteiger partial charge on any atom is 0.253 e. The largest absolute Gasteiger partial charge is 0.376 e. The van der Waals surface area contributed by atoms with Crippen molar-refractivity contribution in [2.75, 3.05) is 13.2 Å². The summed E-state index contributed by atoms with van der Waals surface area (Å²) >= 11 is 5.69. The summed E-state index contributed by atoms with van der Waals surface area (Å²) < 4.78 is 19.1. The first-order valence-corrected chi connectivity index (χ1v) is 11.3. The van der Waals surface area contributed by atoms with Crippen LogP contribution < -0.4 is 10.9 Å². The lowest BCUT2D eigenvalue weighted by Crippen LogP contribution is -2.42. The topological polar surface area (TPSA) is 57.4 Å². The van der Waals surface area contributed by atoms with Gasteiger partial charge in [-0.2, -0.15) is 0 Å². The van der Waals surface area contributed by atoms with Crippen LogP contribution in [0.15, 0.2) is 47.3 Å². The predicted octanol–water partition coefficient (Wildman–Crippen LogP) is 4.34. The van der Waals surface area contributed by atoms with Crippen LogP contribution in [0.25, 0.3) is 10.9 Å². The number of H-pyrrole nitrogens is 1. The minimum absolute atomic E-state index is 0.131.